The first-order valence-electron chi connectivity index (χ1n) is 4.38. The summed E-state index contributed by atoms with van der Waals surface area (Å²) in [4.78, 5) is 2.47. The van der Waals surface area contributed by atoms with E-state index < -0.39 is 0 Å². The van der Waals surface area contributed by atoms with Gasteiger partial charge in [-0.1, -0.05) is 0 Å². The van der Waals surface area contributed by atoms with E-state index in [0.29, 0.717) is 6.29 Å². The van der Waals surface area contributed by atoms with Crippen LogP contribution in [-0.2, 0) is 0 Å². The van der Waals surface area contributed by atoms with Crippen LogP contribution in [0.5, 0.6) is 0 Å². The number of nitrogens with zero attached hydrogens (tertiary/aromatic N) is 1. The minimum Gasteiger partial charge on any atom is -0.300 e. The molecular formula is C7H16N4. The Kier molecular flexibility index (Phi) is 2.38. The molecule has 0 radical (unpaired) electrons. The van der Waals surface area contributed by atoms with E-state index in [9.17, 15) is 0 Å². The summed E-state index contributed by atoms with van der Waals surface area (Å²) in [6, 6.07) is 0. The lowest BCUT2D eigenvalue weighted by atomic mass is 10.3. The maximum atomic E-state index is 3.39. The average Bonchev–Trinajstić information content (AvgIpc) is 1.80. The van der Waals surface area contributed by atoms with Crippen molar-refractivity contribution in [2.45, 2.75) is 6.29 Å². The van der Waals surface area contributed by atoms with Crippen LogP contribution >= 0.6 is 0 Å². The van der Waals surface area contributed by atoms with Gasteiger partial charge in [-0.15, -0.1) is 0 Å². The Morgan fingerprint density at radius 2 is 1.27 bits per heavy atom. The molecule has 0 unspecified atom stereocenters. The molecule has 3 N–H and O–H groups in total. The number of nitrogens with one attached hydrogen (secondary N) is 3. The Bertz CT molecular complexity index is 91.8. The highest BCUT2D eigenvalue weighted by atomic mass is 15.3. The maximum absolute atomic E-state index is 3.39. The zero-order valence-electron chi connectivity index (χ0n) is 6.77. The van der Waals surface area contributed by atoms with E-state index in [0.717, 1.165) is 19.6 Å². The van der Waals surface area contributed by atoms with Crippen molar-refractivity contribution in [1.29, 1.82) is 0 Å². The van der Waals surface area contributed by atoms with Gasteiger partial charge in [0.15, 0.2) is 0 Å². The molecule has 0 aliphatic carbocycles. The first-order chi connectivity index (χ1) is 5.45. The molecule has 3 aliphatic rings. The topological polar surface area (TPSA) is 39.3 Å². The Morgan fingerprint density at radius 1 is 0.818 bits per heavy atom. The predicted octanol–water partition coefficient (Wildman–Crippen LogP) is -1.63. The maximum Gasteiger partial charge on any atom is 0.112 e. The Hall–Kier alpha value is -0.160. The zero-order chi connectivity index (χ0) is 7.52. The summed E-state index contributed by atoms with van der Waals surface area (Å²) in [6.45, 7) is 6.85. The fourth-order valence-corrected chi connectivity index (χ4v) is 1.65. The van der Waals surface area contributed by atoms with E-state index in [-0.39, 0.29) is 0 Å². The molecule has 3 heterocycles. The lowest BCUT2D eigenvalue weighted by molar-refractivity contribution is 0.187. The number of hydrogen-bond donors (Lipinski definition) is 3. The fourth-order valence-electron chi connectivity index (χ4n) is 1.65. The summed E-state index contributed by atoms with van der Waals surface area (Å²) < 4.78 is 0. The zero-order valence-corrected chi connectivity index (χ0v) is 6.77. The number of fused-ring (bicyclic) bond motifs is 6. The van der Waals surface area contributed by atoms with Crippen molar-refractivity contribution in [2.75, 3.05) is 39.3 Å². The summed E-state index contributed by atoms with van der Waals surface area (Å²) in [6.07, 6.45) is 0.345. The molecule has 0 saturated carbocycles. The third-order valence-corrected chi connectivity index (χ3v) is 2.33. The van der Waals surface area contributed by atoms with Crippen molar-refractivity contribution in [3.05, 3.63) is 0 Å². The molecule has 2 bridgehead atoms. The van der Waals surface area contributed by atoms with Crippen LogP contribution in [0.2, 0.25) is 0 Å². The van der Waals surface area contributed by atoms with E-state index in [1.807, 2.05) is 0 Å². The van der Waals surface area contributed by atoms with Crippen molar-refractivity contribution >= 4 is 0 Å². The van der Waals surface area contributed by atoms with Crippen LogP contribution < -0.4 is 16.0 Å². The van der Waals surface area contributed by atoms with E-state index in [1.54, 1.807) is 0 Å². The van der Waals surface area contributed by atoms with Gasteiger partial charge in [0, 0.05) is 39.3 Å². The molecule has 0 atom stereocenters. The monoisotopic (exact) mass is 156 g/mol. The molecule has 0 aromatic heterocycles. The molecule has 3 saturated heterocycles. The normalized spacial score (nSPS) is 39.3. The van der Waals surface area contributed by atoms with Crippen LogP contribution in [-0.4, -0.2) is 50.5 Å². The van der Waals surface area contributed by atoms with Crippen LogP contribution in [0, 0.1) is 0 Å². The second kappa shape index (κ2) is 3.49. The van der Waals surface area contributed by atoms with Crippen LogP contribution in [0.4, 0.5) is 0 Å². The molecule has 3 rings (SSSR count). The largest absolute Gasteiger partial charge is 0.300 e. The summed E-state index contributed by atoms with van der Waals surface area (Å²) in [5.74, 6) is 0. The van der Waals surface area contributed by atoms with Gasteiger partial charge in [-0.25, -0.2) is 0 Å². The van der Waals surface area contributed by atoms with Crippen LogP contribution in [0.1, 0.15) is 0 Å². The van der Waals surface area contributed by atoms with Crippen molar-refractivity contribution < 1.29 is 0 Å². The van der Waals surface area contributed by atoms with Crippen LogP contribution in [0.15, 0.2) is 0 Å². The summed E-state index contributed by atoms with van der Waals surface area (Å²) >= 11 is 0. The minimum absolute atomic E-state index is 0.345. The van der Waals surface area contributed by atoms with Gasteiger partial charge in [0.05, 0.1) is 0 Å². The van der Waals surface area contributed by atoms with Gasteiger partial charge in [-0.05, 0) is 0 Å². The SMILES string of the molecule is C1CN2CCNC(N1)NCC2. The number of hydrogen-bond acceptors (Lipinski definition) is 4. The van der Waals surface area contributed by atoms with Gasteiger partial charge in [0.2, 0.25) is 0 Å². The Balaban J connectivity index is 1.96. The molecule has 4 nitrogen and oxygen atoms in total. The molecule has 0 aromatic rings. The van der Waals surface area contributed by atoms with E-state index >= 15 is 0 Å². The van der Waals surface area contributed by atoms with Crippen molar-refractivity contribution in [3.63, 3.8) is 0 Å². The Morgan fingerprint density at radius 3 is 1.73 bits per heavy atom. The highest BCUT2D eigenvalue weighted by Crippen LogP contribution is 1.92. The lowest BCUT2D eigenvalue weighted by Crippen LogP contribution is -2.61. The predicted molar refractivity (Wildman–Crippen MR) is 44.2 cm³/mol. The standard InChI is InChI=1S/C7H16N4/c1-4-11-5-2-9-7(8-1)10-3-6-11/h7-10H,1-6H2. The van der Waals surface area contributed by atoms with Gasteiger partial charge >= 0.3 is 0 Å². The lowest BCUT2D eigenvalue weighted by Gasteiger charge is -2.34. The summed E-state index contributed by atoms with van der Waals surface area (Å²) in [5, 5.41) is 10.2. The highest BCUT2D eigenvalue weighted by Gasteiger charge is 2.16. The van der Waals surface area contributed by atoms with E-state index in [1.165, 1.54) is 19.6 Å². The fraction of sp³-hybridized carbons (Fsp3) is 1.00. The molecule has 0 aromatic carbocycles. The molecule has 3 fully saturated rings. The third kappa shape index (κ3) is 1.90. The molecule has 4 heteroatoms. The third-order valence-electron chi connectivity index (χ3n) is 2.33. The van der Waals surface area contributed by atoms with Crippen molar-refractivity contribution in [3.8, 4) is 0 Å². The van der Waals surface area contributed by atoms with Gasteiger partial charge in [-0.2, -0.15) is 0 Å². The quantitative estimate of drug-likeness (QED) is 0.394. The van der Waals surface area contributed by atoms with Crippen molar-refractivity contribution in [2.24, 2.45) is 0 Å². The molecule has 11 heavy (non-hydrogen) atoms. The second-order valence-corrected chi connectivity index (χ2v) is 3.14. The smallest absolute Gasteiger partial charge is 0.112 e. The van der Waals surface area contributed by atoms with Gasteiger partial charge in [0.1, 0.15) is 6.29 Å². The molecule has 0 spiro atoms. The molecule has 3 aliphatic heterocycles. The first kappa shape index (κ1) is 7.49. The van der Waals surface area contributed by atoms with E-state index in [4.69, 9.17) is 0 Å². The first-order valence-corrected chi connectivity index (χ1v) is 4.38. The minimum atomic E-state index is 0.345. The van der Waals surface area contributed by atoms with Gasteiger partial charge < -0.3 is 0 Å². The molecule has 0 amide bonds. The van der Waals surface area contributed by atoms with Crippen LogP contribution in [0.25, 0.3) is 0 Å². The average molecular weight is 156 g/mol. The highest BCUT2D eigenvalue weighted by molar-refractivity contribution is 4.75. The Labute approximate surface area is 67.3 Å². The summed E-state index contributed by atoms with van der Waals surface area (Å²) in [7, 11) is 0. The second-order valence-electron chi connectivity index (χ2n) is 3.14. The van der Waals surface area contributed by atoms with E-state index in [2.05, 4.69) is 20.9 Å². The molecular weight excluding hydrogens is 140 g/mol. The van der Waals surface area contributed by atoms with Gasteiger partial charge in [0.25, 0.3) is 0 Å². The van der Waals surface area contributed by atoms with Crippen molar-refractivity contribution in [1.82, 2.24) is 20.9 Å². The van der Waals surface area contributed by atoms with Gasteiger partial charge in [-0.3, -0.25) is 20.9 Å². The summed E-state index contributed by atoms with van der Waals surface area (Å²) in [5.41, 5.74) is 0. The molecule has 64 valence electrons. The van der Waals surface area contributed by atoms with Crippen LogP contribution in [0.3, 0.4) is 0 Å². The number of rotatable bonds is 0.